The van der Waals surface area contributed by atoms with E-state index >= 15 is 0 Å². The Morgan fingerprint density at radius 1 is 1.23 bits per heavy atom. The average molecular weight is 298 g/mol. The largest absolute Gasteiger partial charge is 0.342 e. The number of hydrogen-bond acceptors (Lipinski definition) is 3. The fourth-order valence-electron chi connectivity index (χ4n) is 2.66. The Hall–Kier alpha value is -2.63. The van der Waals surface area contributed by atoms with Crippen LogP contribution >= 0.6 is 0 Å². The van der Waals surface area contributed by atoms with E-state index in [0.29, 0.717) is 18.8 Å². The number of hydrogen-bond donors (Lipinski definition) is 1. The Morgan fingerprint density at radius 2 is 2.00 bits per heavy atom. The summed E-state index contributed by atoms with van der Waals surface area (Å²) in [6.07, 6.45) is 2.41. The summed E-state index contributed by atoms with van der Waals surface area (Å²) < 4.78 is 1.48. The number of aryl methyl sites for hydroxylation is 1. The van der Waals surface area contributed by atoms with Crippen LogP contribution in [-0.4, -0.2) is 39.6 Å². The molecule has 2 heterocycles. The second kappa shape index (κ2) is 6.01. The summed E-state index contributed by atoms with van der Waals surface area (Å²) in [5.74, 6) is -0.351. The van der Waals surface area contributed by atoms with E-state index in [1.54, 1.807) is 24.2 Å². The van der Waals surface area contributed by atoms with Gasteiger partial charge in [-0.05, 0) is 23.6 Å². The van der Waals surface area contributed by atoms with Gasteiger partial charge in [-0.15, -0.1) is 0 Å². The van der Waals surface area contributed by atoms with Crippen LogP contribution in [-0.2, 0) is 24.8 Å². The Kier molecular flexibility index (Phi) is 3.91. The lowest BCUT2D eigenvalue weighted by Crippen LogP contribution is -2.42. The Bertz CT molecular complexity index is 708. The van der Waals surface area contributed by atoms with Crippen molar-refractivity contribution in [3.8, 4) is 0 Å². The molecule has 0 radical (unpaired) electrons. The maximum atomic E-state index is 12.3. The number of aromatic nitrogens is 2. The Balaban J connectivity index is 1.57. The smallest absolute Gasteiger partial charge is 0.269 e. The monoisotopic (exact) mass is 298 g/mol. The summed E-state index contributed by atoms with van der Waals surface area (Å²) in [6, 6.07) is 9.77. The molecule has 0 bridgehead atoms. The van der Waals surface area contributed by atoms with Crippen molar-refractivity contribution in [2.75, 3.05) is 13.1 Å². The van der Waals surface area contributed by atoms with Crippen molar-refractivity contribution in [3.63, 3.8) is 0 Å². The number of rotatable bonds is 3. The van der Waals surface area contributed by atoms with Gasteiger partial charge in [0.05, 0.1) is 6.54 Å². The van der Waals surface area contributed by atoms with E-state index < -0.39 is 0 Å². The van der Waals surface area contributed by atoms with Gasteiger partial charge in [-0.1, -0.05) is 24.3 Å². The van der Waals surface area contributed by atoms with Gasteiger partial charge in [-0.2, -0.15) is 5.10 Å². The number of nitrogens with zero attached hydrogens (tertiary/aromatic N) is 3. The molecule has 6 nitrogen and oxygen atoms in total. The minimum atomic E-state index is -0.286. The number of amides is 2. The Morgan fingerprint density at radius 3 is 2.73 bits per heavy atom. The van der Waals surface area contributed by atoms with Crippen LogP contribution in [0.15, 0.2) is 36.5 Å². The predicted octanol–water partition coefficient (Wildman–Crippen LogP) is 0.735. The molecule has 1 aromatic heterocycles. The summed E-state index contributed by atoms with van der Waals surface area (Å²) >= 11 is 0. The molecular weight excluding hydrogens is 280 g/mol. The molecule has 0 spiro atoms. The molecule has 0 atom stereocenters. The van der Waals surface area contributed by atoms with Gasteiger partial charge < -0.3 is 10.2 Å². The van der Waals surface area contributed by atoms with E-state index in [0.717, 1.165) is 6.42 Å². The second-order valence-electron chi connectivity index (χ2n) is 5.36. The third-order valence-electron chi connectivity index (χ3n) is 3.94. The molecule has 1 aliphatic heterocycles. The second-order valence-corrected chi connectivity index (χ2v) is 5.36. The van der Waals surface area contributed by atoms with Crippen LogP contribution in [0.4, 0.5) is 0 Å². The van der Waals surface area contributed by atoms with Crippen LogP contribution in [0.25, 0.3) is 0 Å². The first kappa shape index (κ1) is 14.3. The quantitative estimate of drug-likeness (QED) is 0.908. The molecule has 1 N–H and O–H groups in total. The van der Waals surface area contributed by atoms with Gasteiger partial charge in [-0.25, -0.2) is 0 Å². The molecular formula is C16H18N4O2. The fraction of sp³-hybridized carbons (Fsp3) is 0.312. The van der Waals surface area contributed by atoms with Gasteiger partial charge in [0.25, 0.3) is 5.91 Å². The summed E-state index contributed by atoms with van der Waals surface area (Å²) in [5, 5.41) is 6.60. The molecule has 6 heteroatoms. The lowest BCUT2D eigenvalue weighted by Gasteiger charge is -2.29. The lowest BCUT2D eigenvalue weighted by molar-refractivity contribution is -0.131. The third-order valence-corrected chi connectivity index (χ3v) is 3.94. The molecule has 2 amide bonds. The summed E-state index contributed by atoms with van der Waals surface area (Å²) in [5.41, 5.74) is 2.92. The zero-order valence-corrected chi connectivity index (χ0v) is 12.5. The molecule has 2 aromatic rings. The van der Waals surface area contributed by atoms with Gasteiger partial charge >= 0.3 is 0 Å². The van der Waals surface area contributed by atoms with E-state index in [4.69, 9.17) is 0 Å². The molecule has 114 valence electrons. The number of benzene rings is 1. The van der Waals surface area contributed by atoms with E-state index in [1.807, 2.05) is 18.2 Å². The Labute approximate surface area is 128 Å². The highest BCUT2D eigenvalue weighted by atomic mass is 16.2. The van der Waals surface area contributed by atoms with Gasteiger partial charge in [0.2, 0.25) is 5.91 Å². The molecule has 0 aliphatic carbocycles. The number of carbonyl (C=O) groups is 2. The summed E-state index contributed by atoms with van der Waals surface area (Å²) in [4.78, 5) is 26.0. The SMILES string of the molecule is Cn1nccc1C(=O)NCC(=O)N1CCc2ccccc2C1. The van der Waals surface area contributed by atoms with Gasteiger partial charge in [0.1, 0.15) is 5.69 Å². The van der Waals surface area contributed by atoms with Crippen molar-refractivity contribution in [1.29, 1.82) is 0 Å². The van der Waals surface area contributed by atoms with Crippen molar-refractivity contribution in [2.45, 2.75) is 13.0 Å². The van der Waals surface area contributed by atoms with Crippen LogP contribution in [0.5, 0.6) is 0 Å². The van der Waals surface area contributed by atoms with Crippen LogP contribution in [0.2, 0.25) is 0 Å². The highest BCUT2D eigenvalue weighted by Gasteiger charge is 2.21. The van der Waals surface area contributed by atoms with Crippen molar-refractivity contribution < 1.29 is 9.59 Å². The lowest BCUT2D eigenvalue weighted by atomic mass is 10.00. The molecule has 1 aromatic carbocycles. The van der Waals surface area contributed by atoms with E-state index in [9.17, 15) is 9.59 Å². The highest BCUT2D eigenvalue weighted by Crippen LogP contribution is 2.18. The third kappa shape index (κ3) is 2.86. The van der Waals surface area contributed by atoms with Crippen molar-refractivity contribution >= 4 is 11.8 Å². The van der Waals surface area contributed by atoms with Gasteiger partial charge in [-0.3, -0.25) is 14.3 Å². The molecule has 0 unspecified atom stereocenters. The zero-order chi connectivity index (χ0) is 15.5. The summed E-state index contributed by atoms with van der Waals surface area (Å²) in [7, 11) is 1.69. The standard InChI is InChI=1S/C16H18N4O2/c1-19-14(6-8-18-19)16(22)17-10-15(21)20-9-7-12-4-2-3-5-13(12)11-20/h2-6,8H,7,9-11H2,1H3,(H,17,22). The van der Waals surface area contributed by atoms with Crippen LogP contribution in [0.3, 0.4) is 0 Å². The van der Waals surface area contributed by atoms with Crippen molar-refractivity contribution in [2.24, 2.45) is 7.05 Å². The normalized spacial score (nSPS) is 13.6. The molecule has 0 fully saturated rings. The minimum Gasteiger partial charge on any atom is -0.342 e. The molecule has 1 aliphatic rings. The molecule has 22 heavy (non-hydrogen) atoms. The molecule has 0 saturated heterocycles. The van der Waals surface area contributed by atoms with E-state index in [2.05, 4.69) is 16.5 Å². The highest BCUT2D eigenvalue weighted by molar-refractivity contribution is 5.95. The van der Waals surface area contributed by atoms with Gasteiger partial charge in [0, 0.05) is 26.3 Å². The van der Waals surface area contributed by atoms with E-state index in [-0.39, 0.29) is 18.4 Å². The number of carbonyl (C=O) groups excluding carboxylic acids is 2. The number of nitrogens with one attached hydrogen (secondary N) is 1. The fourth-order valence-corrected chi connectivity index (χ4v) is 2.66. The van der Waals surface area contributed by atoms with Crippen LogP contribution in [0, 0.1) is 0 Å². The first-order chi connectivity index (χ1) is 10.6. The van der Waals surface area contributed by atoms with Crippen molar-refractivity contribution in [1.82, 2.24) is 20.0 Å². The first-order valence-corrected chi connectivity index (χ1v) is 7.26. The zero-order valence-electron chi connectivity index (χ0n) is 12.5. The van der Waals surface area contributed by atoms with Crippen LogP contribution in [0.1, 0.15) is 21.6 Å². The first-order valence-electron chi connectivity index (χ1n) is 7.26. The van der Waals surface area contributed by atoms with E-state index in [1.165, 1.54) is 15.8 Å². The van der Waals surface area contributed by atoms with Gasteiger partial charge in [0.15, 0.2) is 0 Å². The summed E-state index contributed by atoms with van der Waals surface area (Å²) in [6.45, 7) is 1.31. The number of fused-ring (bicyclic) bond motifs is 1. The molecule has 3 rings (SSSR count). The average Bonchev–Trinajstić information content (AvgIpc) is 2.98. The topological polar surface area (TPSA) is 67.2 Å². The maximum Gasteiger partial charge on any atom is 0.269 e. The van der Waals surface area contributed by atoms with Crippen LogP contribution < -0.4 is 5.32 Å². The molecule has 0 saturated carbocycles. The minimum absolute atomic E-state index is 0.00613. The predicted molar refractivity (Wildman–Crippen MR) is 81.1 cm³/mol. The maximum absolute atomic E-state index is 12.3. The van der Waals surface area contributed by atoms with Crippen molar-refractivity contribution in [3.05, 3.63) is 53.3 Å².